The molecule has 0 heteroatoms. The molecule has 0 nitrogen and oxygen atoms in total. The second-order valence-corrected chi connectivity index (χ2v) is 1.25. The summed E-state index contributed by atoms with van der Waals surface area (Å²) in [5.74, 6) is 0. The Morgan fingerprint density at radius 3 is 2.50 bits per heavy atom. The highest BCUT2D eigenvalue weighted by atomic mass is 13.9. The molecule has 8 heavy (non-hydrogen) atoms. The fourth-order valence-electron chi connectivity index (χ4n) is 0.344. The number of rotatable bonds is 2. The van der Waals surface area contributed by atoms with Crippen molar-refractivity contribution in [2.75, 3.05) is 0 Å². The van der Waals surface area contributed by atoms with Gasteiger partial charge in [-0.15, -0.1) is 0 Å². The summed E-state index contributed by atoms with van der Waals surface area (Å²) in [6, 6.07) is -2.24. The predicted octanol–water partition coefficient (Wildman–Crippen LogP) is 2.05. The molecule has 2 radical (unpaired) electrons. The summed E-state index contributed by atoms with van der Waals surface area (Å²) in [4.78, 5) is 0. The lowest BCUT2D eigenvalue weighted by Crippen LogP contribution is -1.71. The monoisotopic (exact) mass is 112 g/mol. The molecule has 0 heterocycles. The molecule has 0 N–H and O–H groups in total. The molecule has 1 rings (SSSR count). The minimum atomic E-state index is -0.828. The van der Waals surface area contributed by atoms with Crippen LogP contribution in [0.1, 0.15) is 22.1 Å². The van der Waals surface area contributed by atoms with E-state index in [4.69, 9.17) is 11.0 Å². The fourth-order valence-corrected chi connectivity index (χ4v) is 0.344. The van der Waals surface area contributed by atoms with Crippen LogP contribution in [0.3, 0.4) is 0 Å². The second kappa shape index (κ2) is 1.99. The maximum atomic E-state index is 7.54. The van der Waals surface area contributed by atoms with Gasteiger partial charge in [0.1, 0.15) is 0 Å². The van der Waals surface area contributed by atoms with Crippen LogP contribution in [-0.4, -0.2) is 0 Å². The molecule has 0 aliphatic heterocycles. The van der Waals surface area contributed by atoms with Crippen molar-refractivity contribution in [2.45, 2.75) is 0 Å². The van der Waals surface area contributed by atoms with Crippen LogP contribution in [0, 0.1) is 13.8 Å². The SMILES string of the molecule is [2H][C]([2H])c1c([2H])c([2H])c([2H])c([C]([2H])[2H])c1[2H]. The van der Waals surface area contributed by atoms with Gasteiger partial charge in [-0.1, -0.05) is 24.2 Å². The standard InChI is InChI=1S/C8H8/c1-7-4-3-5-8(2)6-7/h3-6H,1-2H2/i1D2,2D2,3D,4D,5D,6D. The average molecular weight is 112 g/mol. The van der Waals surface area contributed by atoms with Gasteiger partial charge in [0, 0.05) is 5.48 Å². The molecular weight excluding hydrogens is 96.1 g/mol. The maximum absolute atomic E-state index is 7.54. The second-order valence-electron chi connectivity index (χ2n) is 1.25. The lowest BCUT2D eigenvalue weighted by atomic mass is 10.2. The Kier molecular flexibility index (Phi) is 0.301. The zero-order chi connectivity index (χ0) is 12.6. The van der Waals surface area contributed by atoms with E-state index in [1.807, 2.05) is 0 Å². The zero-order valence-electron chi connectivity index (χ0n) is 12.0. The molecule has 0 fully saturated rings. The molecule has 0 amide bonds. The Hall–Kier alpha value is -0.780. The fraction of sp³-hybridized carbons (Fsp3) is 0. The van der Waals surface area contributed by atoms with Gasteiger partial charge >= 0.3 is 0 Å². The molecule has 0 saturated heterocycles. The average Bonchev–Trinajstić information content (AvgIpc) is 2.13. The van der Waals surface area contributed by atoms with Crippen molar-refractivity contribution >= 4 is 0 Å². The number of hydrogen-bond acceptors (Lipinski definition) is 0. The highest BCUT2D eigenvalue weighted by Gasteiger charge is 1.81. The van der Waals surface area contributed by atoms with Gasteiger partial charge in [-0.05, 0) is 24.9 Å². The lowest BCUT2D eigenvalue weighted by molar-refractivity contribution is 1.55. The van der Waals surface area contributed by atoms with Crippen LogP contribution in [0.25, 0.3) is 0 Å². The van der Waals surface area contributed by atoms with Gasteiger partial charge in [-0.3, -0.25) is 0 Å². The van der Waals surface area contributed by atoms with E-state index in [0.29, 0.717) is 0 Å². The molecule has 0 unspecified atom stereocenters. The van der Waals surface area contributed by atoms with Gasteiger partial charge in [0.25, 0.3) is 0 Å². The first-order chi connectivity index (χ1) is 7.29. The molecule has 1 aromatic rings. The van der Waals surface area contributed by atoms with E-state index >= 15 is 0 Å². The van der Waals surface area contributed by atoms with Gasteiger partial charge in [-0.2, -0.15) is 0 Å². The Morgan fingerprint density at radius 1 is 1.38 bits per heavy atom. The van der Waals surface area contributed by atoms with Gasteiger partial charge in [0.15, 0.2) is 0 Å². The summed E-state index contributed by atoms with van der Waals surface area (Å²) >= 11 is 0. The van der Waals surface area contributed by atoms with Crippen molar-refractivity contribution in [3.05, 3.63) is 49.0 Å². The molecule has 0 aliphatic rings. The van der Waals surface area contributed by atoms with Crippen LogP contribution in [0.4, 0.5) is 0 Å². The minimum absolute atomic E-state index is 0.423. The zero-order valence-corrected chi connectivity index (χ0v) is 4.00. The highest BCUT2D eigenvalue weighted by Crippen LogP contribution is 2.00. The number of hydrogen-bond donors (Lipinski definition) is 0. The molecule has 40 valence electrons. The van der Waals surface area contributed by atoms with Crippen LogP contribution >= 0.6 is 0 Å². The lowest BCUT2D eigenvalue weighted by Gasteiger charge is -1.90. The van der Waals surface area contributed by atoms with Crippen LogP contribution in [0.15, 0.2) is 24.2 Å². The highest BCUT2D eigenvalue weighted by molar-refractivity contribution is 5.26. The Bertz CT molecular complexity index is 376. The molecule has 0 aromatic heterocycles. The maximum Gasteiger partial charge on any atom is 0.0629 e. The molecular formula is C8H8. The summed E-state index contributed by atoms with van der Waals surface area (Å²) in [6.45, 7) is -1.66. The predicted molar refractivity (Wildman–Crippen MR) is 35.4 cm³/mol. The first-order valence-corrected chi connectivity index (χ1v) is 2.00. The largest absolute Gasteiger partial charge is 0.0629 e. The van der Waals surface area contributed by atoms with E-state index < -0.39 is 49.0 Å². The van der Waals surface area contributed by atoms with E-state index in [9.17, 15) is 0 Å². The van der Waals surface area contributed by atoms with E-state index in [1.54, 1.807) is 0 Å². The Labute approximate surface area is 61.4 Å². The summed E-state index contributed by atoms with van der Waals surface area (Å²) in [7, 11) is 0. The van der Waals surface area contributed by atoms with Crippen molar-refractivity contribution in [2.24, 2.45) is 0 Å². The van der Waals surface area contributed by atoms with Gasteiger partial charge in [0.05, 0.1) is 5.48 Å². The Morgan fingerprint density at radius 2 is 2.00 bits per heavy atom. The van der Waals surface area contributed by atoms with E-state index in [2.05, 4.69) is 0 Å². The molecule has 0 aliphatic carbocycles. The van der Waals surface area contributed by atoms with Crippen LogP contribution in [-0.2, 0) is 0 Å². The third-order valence-corrected chi connectivity index (χ3v) is 0.625. The normalized spacial score (nSPS) is 24.2. The first-order valence-electron chi connectivity index (χ1n) is 6.00. The van der Waals surface area contributed by atoms with Crippen LogP contribution in [0.5, 0.6) is 0 Å². The van der Waals surface area contributed by atoms with Crippen molar-refractivity contribution in [3.8, 4) is 0 Å². The van der Waals surface area contributed by atoms with Gasteiger partial charge < -0.3 is 0 Å². The molecule has 0 atom stereocenters. The Balaban J connectivity index is 3.66. The van der Waals surface area contributed by atoms with E-state index in [-0.39, 0.29) is 0 Å². The van der Waals surface area contributed by atoms with Gasteiger partial charge in [-0.25, -0.2) is 0 Å². The molecule has 0 bridgehead atoms. The van der Waals surface area contributed by atoms with Crippen molar-refractivity contribution in [1.82, 2.24) is 0 Å². The molecule has 1 aromatic carbocycles. The molecule has 0 saturated carbocycles. The van der Waals surface area contributed by atoms with Crippen molar-refractivity contribution < 1.29 is 11.0 Å². The van der Waals surface area contributed by atoms with E-state index in [0.717, 1.165) is 0 Å². The smallest absolute Gasteiger partial charge is 0.0617 e. The van der Waals surface area contributed by atoms with Crippen molar-refractivity contribution in [1.29, 1.82) is 0 Å². The van der Waals surface area contributed by atoms with Crippen molar-refractivity contribution in [3.63, 3.8) is 0 Å². The minimum Gasteiger partial charge on any atom is -0.0617 e. The topological polar surface area (TPSA) is 0 Å². The molecule has 0 spiro atoms. The van der Waals surface area contributed by atoms with Crippen LogP contribution in [0.2, 0.25) is 0 Å². The van der Waals surface area contributed by atoms with E-state index in [1.165, 1.54) is 0 Å². The van der Waals surface area contributed by atoms with Gasteiger partial charge in [0.2, 0.25) is 0 Å². The third-order valence-electron chi connectivity index (χ3n) is 0.625. The summed E-state index contributed by atoms with van der Waals surface area (Å²) in [5, 5.41) is 0. The first kappa shape index (κ1) is 1.21. The third kappa shape index (κ3) is 1.09. The summed E-state index contributed by atoms with van der Waals surface area (Å²) in [5.41, 5.74) is -0.846. The quantitative estimate of drug-likeness (QED) is 0.549. The number of benzene rings is 1. The summed E-state index contributed by atoms with van der Waals surface area (Å²) in [6.07, 6.45) is 0. The summed E-state index contributed by atoms with van der Waals surface area (Å²) < 4.78 is 58.1. The van der Waals surface area contributed by atoms with Crippen LogP contribution < -0.4 is 0 Å².